The van der Waals surface area contributed by atoms with Crippen molar-refractivity contribution in [1.29, 1.82) is 0 Å². The molecule has 1 fully saturated rings. The van der Waals surface area contributed by atoms with Crippen LogP contribution in [0.15, 0.2) is 53.2 Å². The van der Waals surface area contributed by atoms with Crippen molar-refractivity contribution in [3.05, 3.63) is 66.1 Å². The van der Waals surface area contributed by atoms with Crippen molar-refractivity contribution in [1.82, 2.24) is 19.7 Å². The Morgan fingerprint density at radius 1 is 1.08 bits per heavy atom. The van der Waals surface area contributed by atoms with Gasteiger partial charge in [0.25, 0.3) is 5.91 Å². The Bertz CT molecular complexity index is 844. The molecular formula is C19H20N4O2. The van der Waals surface area contributed by atoms with Crippen LogP contribution in [0.1, 0.15) is 40.9 Å². The summed E-state index contributed by atoms with van der Waals surface area (Å²) in [7, 11) is 0. The molecule has 0 saturated carbocycles. The lowest BCUT2D eigenvalue weighted by molar-refractivity contribution is 0.0706. The van der Waals surface area contributed by atoms with Gasteiger partial charge < -0.3 is 13.9 Å². The fourth-order valence-electron chi connectivity index (χ4n) is 3.27. The second-order valence-corrected chi connectivity index (χ2v) is 6.36. The van der Waals surface area contributed by atoms with Gasteiger partial charge in [-0.3, -0.25) is 4.79 Å². The van der Waals surface area contributed by atoms with Gasteiger partial charge in [-0.25, -0.2) is 0 Å². The fourth-order valence-corrected chi connectivity index (χ4v) is 3.27. The summed E-state index contributed by atoms with van der Waals surface area (Å²) >= 11 is 0. The van der Waals surface area contributed by atoms with Crippen molar-refractivity contribution in [3.63, 3.8) is 0 Å². The number of aromatic nitrogens is 3. The summed E-state index contributed by atoms with van der Waals surface area (Å²) in [5.41, 5.74) is 1.77. The first-order chi connectivity index (χ1) is 12.2. The second kappa shape index (κ2) is 6.55. The summed E-state index contributed by atoms with van der Waals surface area (Å²) in [6, 6.07) is 11.7. The molecule has 1 aromatic carbocycles. The number of carbonyl (C=O) groups excluding carboxylic acids is 1. The quantitative estimate of drug-likeness (QED) is 0.737. The Balaban J connectivity index is 1.40. The molecule has 1 aliphatic rings. The first kappa shape index (κ1) is 15.6. The fraction of sp³-hybridized carbons (Fsp3) is 0.316. The van der Waals surface area contributed by atoms with Crippen molar-refractivity contribution >= 4 is 5.91 Å². The second-order valence-electron chi connectivity index (χ2n) is 6.36. The van der Waals surface area contributed by atoms with Crippen molar-refractivity contribution < 1.29 is 9.21 Å². The van der Waals surface area contributed by atoms with Gasteiger partial charge in [0.15, 0.2) is 0 Å². The van der Waals surface area contributed by atoms with E-state index in [1.54, 1.807) is 6.92 Å². The summed E-state index contributed by atoms with van der Waals surface area (Å²) in [6.45, 7) is 3.22. The summed E-state index contributed by atoms with van der Waals surface area (Å²) in [6.07, 6.45) is 5.69. The van der Waals surface area contributed by atoms with E-state index in [2.05, 4.69) is 10.2 Å². The van der Waals surface area contributed by atoms with Crippen molar-refractivity contribution in [2.45, 2.75) is 25.7 Å². The Kier molecular flexibility index (Phi) is 4.09. The van der Waals surface area contributed by atoms with Crippen LogP contribution in [-0.4, -0.2) is 38.7 Å². The van der Waals surface area contributed by atoms with Gasteiger partial charge in [-0.2, -0.15) is 0 Å². The van der Waals surface area contributed by atoms with E-state index in [1.165, 1.54) is 0 Å². The monoisotopic (exact) mass is 336 g/mol. The minimum Gasteiger partial charge on any atom is -0.425 e. The van der Waals surface area contributed by atoms with E-state index >= 15 is 0 Å². The van der Waals surface area contributed by atoms with Crippen LogP contribution < -0.4 is 0 Å². The molecule has 6 nitrogen and oxygen atoms in total. The van der Waals surface area contributed by atoms with Crippen LogP contribution in [0.4, 0.5) is 0 Å². The van der Waals surface area contributed by atoms with Crippen LogP contribution in [0.25, 0.3) is 5.69 Å². The molecule has 128 valence electrons. The molecule has 0 unspecified atom stereocenters. The molecule has 6 heteroatoms. The lowest BCUT2D eigenvalue weighted by atomic mass is 9.96. The van der Waals surface area contributed by atoms with Gasteiger partial charge in [-0.05, 0) is 49.2 Å². The van der Waals surface area contributed by atoms with Gasteiger partial charge >= 0.3 is 0 Å². The first-order valence-electron chi connectivity index (χ1n) is 8.53. The topological polar surface area (TPSA) is 64.2 Å². The van der Waals surface area contributed by atoms with Gasteiger partial charge in [0, 0.05) is 49.6 Å². The number of nitrogens with zero attached hydrogens (tertiary/aromatic N) is 4. The highest BCUT2D eigenvalue weighted by atomic mass is 16.4. The average molecular weight is 336 g/mol. The molecule has 1 saturated heterocycles. The molecule has 1 aliphatic heterocycles. The van der Waals surface area contributed by atoms with E-state index in [-0.39, 0.29) is 11.8 Å². The van der Waals surface area contributed by atoms with Gasteiger partial charge in [0.05, 0.1) is 0 Å². The third-order valence-corrected chi connectivity index (χ3v) is 4.69. The zero-order valence-corrected chi connectivity index (χ0v) is 14.1. The molecule has 3 aromatic rings. The summed E-state index contributed by atoms with van der Waals surface area (Å²) in [4.78, 5) is 14.6. The highest BCUT2D eigenvalue weighted by Crippen LogP contribution is 2.27. The maximum atomic E-state index is 12.7. The third-order valence-electron chi connectivity index (χ3n) is 4.69. The smallest absolute Gasteiger partial charge is 0.253 e. The predicted molar refractivity (Wildman–Crippen MR) is 92.7 cm³/mol. The molecule has 0 radical (unpaired) electrons. The van der Waals surface area contributed by atoms with Crippen LogP contribution in [0.2, 0.25) is 0 Å². The van der Waals surface area contributed by atoms with Crippen LogP contribution in [-0.2, 0) is 0 Å². The number of rotatable bonds is 3. The van der Waals surface area contributed by atoms with E-state index < -0.39 is 0 Å². The minimum atomic E-state index is 0.0826. The number of aryl methyl sites for hydroxylation is 1. The van der Waals surface area contributed by atoms with E-state index in [0.717, 1.165) is 24.1 Å². The number of piperidine rings is 1. The Labute approximate surface area is 146 Å². The molecule has 0 aliphatic carbocycles. The van der Waals surface area contributed by atoms with Crippen LogP contribution in [0.5, 0.6) is 0 Å². The zero-order chi connectivity index (χ0) is 17.2. The molecule has 2 aromatic heterocycles. The lowest BCUT2D eigenvalue weighted by Gasteiger charge is -2.30. The van der Waals surface area contributed by atoms with Crippen LogP contribution in [0.3, 0.4) is 0 Å². The molecule has 0 atom stereocenters. The number of amides is 1. The molecule has 1 amide bonds. The van der Waals surface area contributed by atoms with E-state index in [9.17, 15) is 4.79 Å². The van der Waals surface area contributed by atoms with Crippen LogP contribution in [0, 0.1) is 6.92 Å². The highest BCUT2D eigenvalue weighted by Gasteiger charge is 2.27. The number of likely N-dealkylation sites (tertiary alicyclic amines) is 1. The van der Waals surface area contributed by atoms with Crippen molar-refractivity contribution in [2.75, 3.05) is 13.1 Å². The minimum absolute atomic E-state index is 0.0826. The molecule has 0 bridgehead atoms. The Morgan fingerprint density at radius 3 is 2.36 bits per heavy atom. The van der Waals surface area contributed by atoms with Crippen molar-refractivity contribution in [3.8, 4) is 5.69 Å². The average Bonchev–Trinajstić information content (AvgIpc) is 3.33. The predicted octanol–water partition coefficient (Wildman–Crippen LogP) is 3.19. The maximum Gasteiger partial charge on any atom is 0.253 e. The summed E-state index contributed by atoms with van der Waals surface area (Å²) in [5.74, 6) is 1.62. The number of hydrogen-bond acceptors (Lipinski definition) is 4. The largest absolute Gasteiger partial charge is 0.425 e. The van der Waals surface area contributed by atoms with Gasteiger partial charge in [0.1, 0.15) is 0 Å². The molecule has 0 N–H and O–H groups in total. The highest BCUT2D eigenvalue weighted by molar-refractivity contribution is 5.94. The Morgan fingerprint density at radius 2 is 1.76 bits per heavy atom. The maximum absolute atomic E-state index is 12.7. The Hall–Kier alpha value is -2.89. The van der Waals surface area contributed by atoms with E-state index in [0.29, 0.717) is 24.9 Å². The molecule has 0 spiro atoms. The van der Waals surface area contributed by atoms with Gasteiger partial charge in [-0.1, -0.05) is 0 Å². The van der Waals surface area contributed by atoms with Gasteiger partial charge in [0.2, 0.25) is 11.8 Å². The third kappa shape index (κ3) is 3.20. The number of benzene rings is 1. The van der Waals surface area contributed by atoms with Crippen LogP contribution >= 0.6 is 0 Å². The first-order valence-corrected chi connectivity index (χ1v) is 8.53. The molecule has 3 heterocycles. The van der Waals surface area contributed by atoms with Gasteiger partial charge in [-0.15, -0.1) is 10.2 Å². The lowest BCUT2D eigenvalue weighted by Crippen LogP contribution is -2.38. The SMILES string of the molecule is Cc1nnc(C2CCN(C(=O)c3ccc(-n4cccc4)cc3)CC2)o1. The molecule has 25 heavy (non-hydrogen) atoms. The van der Waals surface area contributed by atoms with E-state index in [1.807, 2.05) is 58.3 Å². The number of hydrogen-bond donors (Lipinski definition) is 0. The normalized spacial score (nSPS) is 15.5. The zero-order valence-electron chi connectivity index (χ0n) is 14.1. The summed E-state index contributed by atoms with van der Waals surface area (Å²) < 4.78 is 7.54. The van der Waals surface area contributed by atoms with Crippen molar-refractivity contribution in [2.24, 2.45) is 0 Å². The number of carbonyl (C=O) groups is 1. The molecular weight excluding hydrogens is 316 g/mol. The standard InChI is InChI=1S/C19H20N4O2/c1-14-20-21-18(25-14)15-8-12-23(13-9-15)19(24)16-4-6-17(7-5-16)22-10-2-3-11-22/h2-7,10-11,15H,8-9,12-13H2,1H3. The summed E-state index contributed by atoms with van der Waals surface area (Å²) in [5, 5.41) is 8.00. The molecule has 4 rings (SSSR count). The van der Waals surface area contributed by atoms with E-state index in [4.69, 9.17) is 4.42 Å².